The maximum absolute atomic E-state index is 5.88. The Morgan fingerprint density at radius 2 is 2.47 bits per heavy atom. The molecule has 0 aromatic carbocycles. The van der Waals surface area contributed by atoms with E-state index in [1.54, 1.807) is 6.20 Å². The van der Waals surface area contributed by atoms with Crippen molar-refractivity contribution in [2.75, 3.05) is 24.7 Å². The third-order valence-corrected chi connectivity index (χ3v) is 2.83. The zero-order chi connectivity index (χ0) is 10.7. The van der Waals surface area contributed by atoms with Crippen LogP contribution in [-0.2, 0) is 4.74 Å². The molecule has 1 aromatic heterocycles. The fourth-order valence-electron chi connectivity index (χ4n) is 1.86. The van der Waals surface area contributed by atoms with E-state index in [1.807, 2.05) is 12.1 Å². The standard InChI is InChI=1S/C11H15ClN2O/c1-9-8-15-6-2-5-14(9)10-3-4-13-11(12)7-10/h3-4,7,9H,2,5-6,8H2,1H3. The van der Waals surface area contributed by atoms with Gasteiger partial charge in [0.05, 0.1) is 6.61 Å². The Bertz CT molecular complexity index is 332. The minimum Gasteiger partial charge on any atom is -0.379 e. The van der Waals surface area contributed by atoms with Crippen molar-refractivity contribution < 1.29 is 4.74 Å². The van der Waals surface area contributed by atoms with Crippen LogP contribution in [0.15, 0.2) is 18.3 Å². The molecule has 1 aromatic rings. The van der Waals surface area contributed by atoms with Crippen molar-refractivity contribution in [3.63, 3.8) is 0 Å². The van der Waals surface area contributed by atoms with Gasteiger partial charge in [-0.2, -0.15) is 0 Å². The molecule has 0 radical (unpaired) electrons. The van der Waals surface area contributed by atoms with E-state index in [9.17, 15) is 0 Å². The average Bonchev–Trinajstić information content (AvgIpc) is 2.43. The number of nitrogens with zero attached hydrogens (tertiary/aromatic N) is 2. The molecule has 1 aliphatic heterocycles. The zero-order valence-electron chi connectivity index (χ0n) is 8.82. The summed E-state index contributed by atoms with van der Waals surface area (Å²) in [4.78, 5) is 6.31. The molecule has 1 saturated heterocycles. The second kappa shape index (κ2) is 4.81. The molecule has 1 atom stereocenters. The van der Waals surface area contributed by atoms with Crippen LogP contribution in [0.1, 0.15) is 13.3 Å². The van der Waals surface area contributed by atoms with Gasteiger partial charge >= 0.3 is 0 Å². The van der Waals surface area contributed by atoms with E-state index in [2.05, 4.69) is 16.8 Å². The molecule has 1 aliphatic rings. The lowest BCUT2D eigenvalue weighted by atomic mass is 10.2. The second-order valence-corrected chi connectivity index (χ2v) is 4.19. The highest BCUT2D eigenvalue weighted by molar-refractivity contribution is 6.29. The van der Waals surface area contributed by atoms with Gasteiger partial charge in [0.2, 0.25) is 0 Å². The molecular weight excluding hydrogens is 212 g/mol. The van der Waals surface area contributed by atoms with Crippen LogP contribution < -0.4 is 4.90 Å². The molecule has 2 rings (SSSR count). The van der Waals surface area contributed by atoms with Crippen LogP contribution in [0.25, 0.3) is 0 Å². The highest BCUT2D eigenvalue weighted by Gasteiger charge is 2.17. The van der Waals surface area contributed by atoms with Crippen LogP contribution in [0.2, 0.25) is 5.15 Å². The molecule has 0 N–H and O–H groups in total. The van der Waals surface area contributed by atoms with Gasteiger partial charge in [-0.1, -0.05) is 11.6 Å². The lowest BCUT2D eigenvalue weighted by Crippen LogP contribution is -2.35. The number of anilines is 1. The topological polar surface area (TPSA) is 25.4 Å². The third-order valence-electron chi connectivity index (χ3n) is 2.62. The van der Waals surface area contributed by atoms with Crippen molar-refractivity contribution in [1.82, 2.24) is 4.98 Å². The summed E-state index contributed by atoms with van der Waals surface area (Å²) < 4.78 is 5.50. The zero-order valence-corrected chi connectivity index (χ0v) is 9.57. The van der Waals surface area contributed by atoms with Gasteiger partial charge in [-0.25, -0.2) is 4.98 Å². The first-order valence-electron chi connectivity index (χ1n) is 5.23. The molecule has 1 fully saturated rings. The van der Waals surface area contributed by atoms with Gasteiger partial charge in [0.1, 0.15) is 5.15 Å². The molecule has 0 aliphatic carbocycles. The summed E-state index contributed by atoms with van der Waals surface area (Å²) in [5.41, 5.74) is 1.13. The molecule has 0 bridgehead atoms. The molecule has 0 spiro atoms. The molecule has 4 heteroatoms. The van der Waals surface area contributed by atoms with E-state index in [4.69, 9.17) is 16.3 Å². The lowest BCUT2D eigenvalue weighted by Gasteiger charge is -2.28. The fourth-order valence-corrected chi connectivity index (χ4v) is 2.02. The number of ether oxygens (including phenoxy) is 1. The van der Waals surface area contributed by atoms with Crippen LogP contribution in [0.3, 0.4) is 0 Å². The average molecular weight is 227 g/mol. The number of pyridine rings is 1. The number of hydrogen-bond acceptors (Lipinski definition) is 3. The summed E-state index contributed by atoms with van der Waals surface area (Å²) in [6, 6.07) is 4.29. The Morgan fingerprint density at radius 1 is 1.60 bits per heavy atom. The van der Waals surface area contributed by atoms with E-state index in [0.29, 0.717) is 11.2 Å². The van der Waals surface area contributed by atoms with Gasteiger partial charge in [0, 0.05) is 31.1 Å². The molecule has 0 saturated carbocycles. The SMILES string of the molecule is CC1COCCCN1c1ccnc(Cl)c1. The number of halogens is 1. The van der Waals surface area contributed by atoms with E-state index in [1.165, 1.54) is 0 Å². The van der Waals surface area contributed by atoms with Gasteiger partial charge in [-0.05, 0) is 25.5 Å². The Morgan fingerprint density at radius 3 is 3.27 bits per heavy atom. The lowest BCUT2D eigenvalue weighted by molar-refractivity contribution is 0.137. The minimum atomic E-state index is 0.394. The number of rotatable bonds is 1. The first kappa shape index (κ1) is 10.7. The quantitative estimate of drug-likeness (QED) is 0.688. The fraction of sp³-hybridized carbons (Fsp3) is 0.545. The third kappa shape index (κ3) is 2.61. The summed E-state index contributed by atoms with van der Waals surface area (Å²) in [5, 5.41) is 0.546. The predicted molar refractivity (Wildman–Crippen MR) is 61.5 cm³/mol. The Kier molecular flexibility index (Phi) is 3.44. The second-order valence-electron chi connectivity index (χ2n) is 3.81. The first-order chi connectivity index (χ1) is 7.27. The van der Waals surface area contributed by atoms with Crippen LogP contribution in [0, 0.1) is 0 Å². The van der Waals surface area contributed by atoms with Gasteiger partial charge in [0.15, 0.2) is 0 Å². The normalized spacial score (nSPS) is 22.5. The van der Waals surface area contributed by atoms with Crippen molar-refractivity contribution in [3.8, 4) is 0 Å². The van der Waals surface area contributed by atoms with Crippen molar-refractivity contribution in [2.45, 2.75) is 19.4 Å². The smallest absolute Gasteiger partial charge is 0.131 e. The Balaban J connectivity index is 2.20. The molecular formula is C11H15ClN2O. The molecule has 82 valence electrons. The van der Waals surface area contributed by atoms with E-state index < -0.39 is 0 Å². The van der Waals surface area contributed by atoms with Crippen molar-refractivity contribution in [2.24, 2.45) is 0 Å². The van der Waals surface area contributed by atoms with Crippen LogP contribution in [0.4, 0.5) is 5.69 Å². The van der Waals surface area contributed by atoms with E-state index in [0.717, 1.165) is 31.9 Å². The highest BCUT2D eigenvalue weighted by Crippen LogP contribution is 2.21. The molecule has 1 unspecified atom stereocenters. The van der Waals surface area contributed by atoms with Gasteiger partial charge in [0.25, 0.3) is 0 Å². The number of hydrogen-bond donors (Lipinski definition) is 0. The molecule has 3 nitrogen and oxygen atoms in total. The van der Waals surface area contributed by atoms with Gasteiger partial charge in [-0.3, -0.25) is 0 Å². The van der Waals surface area contributed by atoms with Crippen molar-refractivity contribution in [3.05, 3.63) is 23.5 Å². The minimum absolute atomic E-state index is 0.394. The Hall–Kier alpha value is -0.800. The molecule has 15 heavy (non-hydrogen) atoms. The monoisotopic (exact) mass is 226 g/mol. The predicted octanol–water partition coefficient (Wildman–Crippen LogP) is 2.35. The largest absolute Gasteiger partial charge is 0.379 e. The summed E-state index contributed by atoms with van der Waals surface area (Å²) in [6.07, 6.45) is 2.81. The van der Waals surface area contributed by atoms with Crippen LogP contribution in [0.5, 0.6) is 0 Å². The summed E-state index contributed by atoms with van der Waals surface area (Å²) >= 11 is 5.88. The maximum Gasteiger partial charge on any atom is 0.131 e. The summed E-state index contributed by atoms with van der Waals surface area (Å²) in [5.74, 6) is 0. The number of aromatic nitrogens is 1. The van der Waals surface area contributed by atoms with Crippen molar-refractivity contribution >= 4 is 17.3 Å². The molecule has 0 amide bonds. The Labute approximate surface area is 95.0 Å². The van der Waals surface area contributed by atoms with Gasteiger partial charge < -0.3 is 9.64 Å². The maximum atomic E-state index is 5.88. The highest BCUT2D eigenvalue weighted by atomic mass is 35.5. The summed E-state index contributed by atoms with van der Waals surface area (Å²) in [6.45, 7) is 4.81. The first-order valence-corrected chi connectivity index (χ1v) is 5.61. The van der Waals surface area contributed by atoms with E-state index in [-0.39, 0.29) is 0 Å². The molecule has 2 heterocycles. The van der Waals surface area contributed by atoms with Crippen LogP contribution in [-0.4, -0.2) is 30.8 Å². The van der Waals surface area contributed by atoms with Gasteiger partial charge in [-0.15, -0.1) is 0 Å². The summed E-state index contributed by atoms with van der Waals surface area (Å²) in [7, 11) is 0. The van der Waals surface area contributed by atoms with Crippen molar-refractivity contribution in [1.29, 1.82) is 0 Å². The van der Waals surface area contributed by atoms with E-state index >= 15 is 0 Å². The van der Waals surface area contributed by atoms with Crippen LogP contribution >= 0.6 is 11.6 Å².